The average molecular weight is 683 g/mol. The van der Waals surface area contributed by atoms with Gasteiger partial charge in [-0.3, -0.25) is 9.59 Å². The van der Waals surface area contributed by atoms with Gasteiger partial charge in [-0.25, -0.2) is 22.2 Å². The second kappa shape index (κ2) is 14.0. The van der Waals surface area contributed by atoms with Crippen LogP contribution in [-0.2, 0) is 25.5 Å². The molecule has 252 valence electrons. The number of hydrogen-bond acceptors (Lipinski definition) is 9. The van der Waals surface area contributed by atoms with Crippen LogP contribution in [0.25, 0.3) is 0 Å². The van der Waals surface area contributed by atoms with Crippen molar-refractivity contribution >= 4 is 44.9 Å². The minimum Gasteiger partial charge on any atom is -0.354 e. The lowest BCUT2D eigenvalue weighted by Crippen LogP contribution is -2.49. The smallest absolute Gasteiger partial charge is 0.276 e. The molecule has 1 aromatic heterocycles. The van der Waals surface area contributed by atoms with E-state index in [2.05, 4.69) is 10.3 Å². The Morgan fingerprint density at radius 3 is 2.33 bits per heavy atom. The van der Waals surface area contributed by atoms with Crippen LogP contribution in [0, 0.1) is 11.8 Å². The highest BCUT2D eigenvalue weighted by atomic mass is 35.5. The average Bonchev–Trinajstić information content (AvgIpc) is 3.40. The van der Waals surface area contributed by atoms with E-state index in [1.165, 1.54) is 28.6 Å². The fraction of sp³-hybridized carbons (Fsp3) is 0.567. The third kappa shape index (κ3) is 7.44. The normalized spacial score (nSPS) is 23.9. The van der Waals surface area contributed by atoms with Crippen LogP contribution in [0.5, 0.6) is 0 Å². The van der Waals surface area contributed by atoms with E-state index in [4.69, 9.17) is 28.8 Å². The molecule has 3 heterocycles. The van der Waals surface area contributed by atoms with Crippen LogP contribution in [0.3, 0.4) is 0 Å². The molecule has 3 fully saturated rings. The largest absolute Gasteiger partial charge is 0.354 e. The monoisotopic (exact) mass is 682 g/mol. The van der Waals surface area contributed by atoms with Gasteiger partial charge in [0, 0.05) is 87.4 Å². The Bertz CT molecular complexity index is 1520. The van der Waals surface area contributed by atoms with Gasteiger partial charge in [0.05, 0.1) is 4.90 Å². The molecular formula is C30H41ClF2N8O4S. The molecule has 2 amide bonds. The van der Waals surface area contributed by atoms with Gasteiger partial charge in [0.2, 0.25) is 21.8 Å². The molecule has 0 radical (unpaired) electrons. The first-order valence-corrected chi connectivity index (χ1v) is 17.3. The zero-order chi connectivity index (χ0) is 33.2. The summed E-state index contributed by atoms with van der Waals surface area (Å²) in [6.07, 6.45) is 1.25. The van der Waals surface area contributed by atoms with E-state index in [9.17, 15) is 18.0 Å². The van der Waals surface area contributed by atoms with Gasteiger partial charge in [0.25, 0.3) is 5.92 Å². The van der Waals surface area contributed by atoms with E-state index in [0.717, 1.165) is 0 Å². The minimum absolute atomic E-state index is 0.0796. The highest BCUT2D eigenvalue weighted by Gasteiger charge is 2.44. The third-order valence-corrected chi connectivity index (χ3v) is 11.2. The molecule has 0 bridgehead atoms. The zero-order valence-electron chi connectivity index (χ0n) is 25.5. The first-order chi connectivity index (χ1) is 21.8. The molecule has 7 N–H and O–H groups in total. The first kappa shape index (κ1) is 34.4. The molecule has 1 unspecified atom stereocenters. The highest BCUT2D eigenvalue weighted by Crippen LogP contribution is 2.46. The number of piperazine rings is 1. The maximum atomic E-state index is 15.8. The quantitative estimate of drug-likeness (QED) is 0.271. The number of hydrogen-bond donors (Lipinski definition) is 4. The summed E-state index contributed by atoms with van der Waals surface area (Å²) in [6.45, 7) is 1.54. The summed E-state index contributed by atoms with van der Waals surface area (Å²) >= 11 is 6.23. The number of carbonyl (C=O) groups excluding carboxylic acids is 2. The lowest BCUT2D eigenvalue weighted by atomic mass is 9.77. The molecule has 0 spiro atoms. The number of sulfonamides is 1. The summed E-state index contributed by atoms with van der Waals surface area (Å²) in [5.41, 5.74) is 17.4. The molecule has 2 saturated heterocycles. The standard InChI is InChI=1S/C30H41ClF2N8O4S/c31-26-13-21(30(32,33)20-3-1-19(2-4-20)29(43)37-17-23(36)16-34)14-27(38-26)39-9-11-40(12-10-39)46(44,45)25-7-5-24(6-8-25)41-18-22(35)15-28(41)42/h5-8,13-14,19-20,22-23H,1-4,9-12,15-18,34-36H2,(H,37,43)/t19?,20?,22-,23?/m1/s1. The van der Waals surface area contributed by atoms with Crippen LogP contribution < -0.4 is 32.3 Å². The Hall–Kier alpha value is -2.95. The molecule has 1 aliphatic carbocycles. The highest BCUT2D eigenvalue weighted by molar-refractivity contribution is 7.89. The van der Waals surface area contributed by atoms with Crippen molar-refractivity contribution in [3.8, 4) is 0 Å². The summed E-state index contributed by atoms with van der Waals surface area (Å²) in [5, 5.41) is 2.68. The van der Waals surface area contributed by atoms with E-state index < -0.39 is 21.9 Å². The van der Waals surface area contributed by atoms with Crippen LogP contribution in [0.1, 0.15) is 37.7 Å². The van der Waals surface area contributed by atoms with Crippen molar-refractivity contribution in [3.63, 3.8) is 0 Å². The van der Waals surface area contributed by atoms with Crippen molar-refractivity contribution in [1.29, 1.82) is 0 Å². The second-order valence-corrected chi connectivity index (χ2v) is 14.6. The number of rotatable bonds is 10. The van der Waals surface area contributed by atoms with Gasteiger partial charge in [0.15, 0.2) is 0 Å². The van der Waals surface area contributed by atoms with Gasteiger partial charge in [-0.2, -0.15) is 4.31 Å². The minimum atomic E-state index is -3.83. The molecule has 3 aliphatic rings. The molecule has 2 atom stereocenters. The number of alkyl halides is 2. The van der Waals surface area contributed by atoms with E-state index in [-0.39, 0.29) is 110 Å². The Morgan fingerprint density at radius 1 is 1.09 bits per heavy atom. The topological polar surface area (TPSA) is 181 Å². The number of nitrogens with two attached hydrogens (primary N) is 3. The fourth-order valence-corrected chi connectivity index (χ4v) is 7.97. The summed E-state index contributed by atoms with van der Waals surface area (Å²) in [5.74, 6) is -4.57. The van der Waals surface area contributed by atoms with Crippen molar-refractivity contribution < 1.29 is 26.8 Å². The molecule has 2 aliphatic heterocycles. The summed E-state index contributed by atoms with van der Waals surface area (Å²) in [4.78, 5) is 32.3. The van der Waals surface area contributed by atoms with Crippen LogP contribution in [0.2, 0.25) is 5.15 Å². The fourth-order valence-electron chi connectivity index (χ4n) is 6.34. The number of nitrogens with zero attached hydrogens (tertiary/aromatic N) is 4. The molecule has 16 heteroatoms. The van der Waals surface area contributed by atoms with Gasteiger partial charge in [-0.1, -0.05) is 11.6 Å². The van der Waals surface area contributed by atoms with Gasteiger partial charge in [0.1, 0.15) is 11.0 Å². The van der Waals surface area contributed by atoms with Crippen molar-refractivity contribution in [3.05, 3.63) is 47.1 Å². The number of halogens is 3. The van der Waals surface area contributed by atoms with Crippen LogP contribution >= 0.6 is 11.6 Å². The van der Waals surface area contributed by atoms with Gasteiger partial charge >= 0.3 is 0 Å². The zero-order valence-corrected chi connectivity index (χ0v) is 27.0. The number of amides is 2. The Labute approximate surface area is 272 Å². The number of benzene rings is 1. The van der Waals surface area contributed by atoms with Gasteiger partial charge in [-0.15, -0.1) is 0 Å². The lowest BCUT2D eigenvalue weighted by Gasteiger charge is -2.36. The molecule has 1 saturated carbocycles. The molecule has 1 aromatic carbocycles. The Morgan fingerprint density at radius 2 is 1.74 bits per heavy atom. The third-order valence-electron chi connectivity index (χ3n) is 9.12. The summed E-state index contributed by atoms with van der Waals surface area (Å²) in [6, 6.07) is 8.02. The maximum Gasteiger partial charge on any atom is 0.276 e. The number of aromatic nitrogens is 1. The maximum absolute atomic E-state index is 15.8. The summed E-state index contributed by atoms with van der Waals surface area (Å²) in [7, 11) is -3.83. The molecular weight excluding hydrogens is 642 g/mol. The lowest BCUT2D eigenvalue weighted by molar-refractivity contribution is -0.129. The Kier molecular flexibility index (Phi) is 10.5. The van der Waals surface area contributed by atoms with E-state index in [1.54, 1.807) is 21.9 Å². The molecule has 12 nitrogen and oxygen atoms in total. The van der Waals surface area contributed by atoms with Crippen molar-refractivity contribution in [2.24, 2.45) is 29.0 Å². The van der Waals surface area contributed by atoms with Crippen molar-refractivity contribution in [1.82, 2.24) is 14.6 Å². The van der Waals surface area contributed by atoms with Crippen LogP contribution in [-0.4, -0.2) is 87.4 Å². The predicted octanol–water partition coefficient (Wildman–Crippen LogP) is 1.61. The molecule has 46 heavy (non-hydrogen) atoms. The van der Waals surface area contributed by atoms with Gasteiger partial charge in [-0.05, 0) is 62.1 Å². The SMILES string of the molecule is NCC(N)CNC(=O)C1CCC(C(F)(F)c2cc(Cl)nc(N3CCN(S(=O)(=O)c4ccc(N5C[C@H](N)CC5=O)cc4)CC3)c2)CC1. The molecule has 5 rings (SSSR count). The van der Waals surface area contributed by atoms with Crippen LogP contribution in [0.4, 0.5) is 20.3 Å². The Balaban J connectivity index is 1.20. The number of anilines is 2. The second-order valence-electron chi connectivity index (χ2n) is 12.3. The van der Waals surface area contributed by atoms with Gasteiger partial charge < -0.3 is 32.3 Å². The number of pyridine rings is 1. The number of carbonyl (C=O) groups is 2. The van der Waals surface area contributed by atoms with Crippen LogP contribution in [0.15, 0.2) is 41.3 Å². The number of nitrogens with one attached hydrogen (secondary N) is 1. The summed E-state index contributed by atoms with van der Waals surface area (Å²) < 4.78 is 59.7. The van der Waals surface area contributed by atoms with E-state index >= 15 is 8.78 Å². The first-order valence-electron chi connectivity index (χ1n) is 15.5. The molecule has 2 aromatic rings. The predicted molar refractivity (Wildman–Crippen MR) is 171 cm³/mol. The van der Waals surface area contributed by atoms with Crippen molar-refractivity contribution in [2.45, 2.75) is 55.0 Å². The van der Waals surface area contributed by atoms with Crippen molar-refractivity contribution in [2.75, 3.05) is 55.6 Å². The van der Waals surface area contributed by atoms with E-state index in [0.29, 0.717) is 25.1 Å². The van der Waals surface area contributed by atoms with E-state index in [1.807, 2.05) is 0 Å².